The van der Waals surface area contributed by atoms with Crippen LogP contribution in [0.4, 0.5) is 5.69 Å². The molecule has 5 nitrogen and oxygen atoms in total. The number of benzene rings is 3. The average Bonchev–Trinajstić information content (AvgIpc) is 2.74. The van der Waals surface area contributed by atoms with Gasteiger partial charge in [-0.3, -0.25) is 5.43 Å². The number of rotatable bonds is 8. The van der Waals surface area contributed by atoms with Crippen molar-refractivity contribution in [3.05, 3.63) is 82.3 Å². The van der Waals surface area contributed by atoms with Crippen LogP contribution in [0, 0.1) is 0 Å². The van der Waals surface area contributed by atoms with Crippen molar-refractivity contribution in [2.75, 3.05) is 19.6 Å². The van der Waals surface area contributed by atoms with Gasteiger partial charge in [-0.2, -0.15) is 5.10 Å². The van der Waals surface area contributed by atoms with Gasteiger partial charge in [-0.15, -0.1) is 0 Å². The van der Waals surface area contributed by atoms with Gasteiger partial charge in [-0.05, 0) is 65.7 Å². The second-order valence-corrected chi connectivity index (χ2v) is 6.84. The average molecular weight is 441 g/mol. The van der Waals surface area contributed by atoms with Crippen LogP contribution in [-0.2, 0) is 6.61 Å². The lowest BCUT2D eigenvalue weighted by molar-refractivity contribution is 0.284. The van der Waals surface area contributed by atoms with E-state index in [0.717, 1.165) is 27.0 Å². The molecule has 0 unspecified atom stereocenters. The molecule has 0 saturated heterocycles. The summed E-state index contributed by atoms with van der Waals surface area (Å²) in [5.41, 5.74) is 5.84. The second kappa shape index (κ2) is 9.80. The summed E-state index contributed by atoms with van der Waals surface area (Å²) in [6.45, 7) is 0.468. The van der Waals surface area contributed by atoms with E-state index in [1.54, 1.807) is 20.4 Å². The molecular weight excluding hydrogens is 420 g/mol. The molecule has 1 N–H and O–H groups in total. The monoisotopic (exact) mass is 440 g/mol. The molecule has 144 valence electrons. The highest BCUT2D eigenvalue weighted by molar-refractivity contribution is 9.10. The number of halogens is 1. The molecule has 0 amide bonds. The number of nitrogens with one attached hydrogen (secondary N) is 1. The Morgan fingerprint density at radius 1 is 0.893 bits per heavy atom. The molecule has 28 heavy (non-hydrogen) atoms. The molecule has 6 heteroatoms. The van der Waals surface area contributed by atoms with Crippen molar-refractivity contribution in [2.24, 2.45) is 5.10 Å². The van der Waals surface area contributed by atoms with Crippen LogP contribution in [0.15, 0.2) is 76.3 Å². The van der Waals surface area contributed by atoms with E-state index in [2.05, 4.69) is 26.5 Å². The van der Waals surface area contributed by atoms with Crippen LogP contribution in [0.1, 0.15) is 11.1 Å². The molecule has 0 bridgehead atoms. The Morgan fingerprint density at radius 3 is 2.32 bits per heavy atom. The number of hydrogen-bond donors (Lipinski definition) is 1. The lowest BCUT2D eigenvalue weighted by Gasteiger charge is -2.11. The minimum Gasteiger partial charge on any atom is -0.497 e. The molecule has 0 heterocycles. The first-order valence-corrected chi connectivity index (χ1v) is 9.45. The van der Waals surface area contributed by atoms with Gasteiger partial charge >= 0.3 is 0 Å². The Labute approximate surface area is 173 Å². The first-order chi connectivity index (χ1) is 13.7. The highest BCUT2D eigenvalue weighted by Gasteiger charge is 2.06. The van der Waals surface area contributed by atoms with Crippen molar-refractivity contribution < 1.29 is 14.2 Å². The predicted octanol–water partition coefficient (Wildman–Crippen LogP) is 5.49. The summed E-state index contributed by atoms with van der Waals surface area (Å²) in [7, 11) is 3.26. The number of hydrazone groups is 1. The topological polar surface area (TPSA) is 52.1 Å². The standard InChI is InChI=1S/C22H21BrN2O3/c1-26-20-10-8-19(9-11-20)25-24-14-17-5-12-21(22(13-17)27-2)28-15-16-3-6-18(23)7-4-16/h3-14,25H,15H2,1-2H3/b24-14+. The summed E-state index contributed by atoms with van der Waals surface area (Å²) < 4.78 is 17.5. The first kappa shape index (κ1) is 19.8. The van der Waals surface area contributed by atoms with Crippen molar-refractivity contribution in [1.29, 1.82) is 0 Å². The van der Waals surface area contributed by atoms with Crippen molar-refractivity contribution in [3.8, 4) is 17.2 Å². The van der Waals surface area contributed by atoms with E-state index < -0.39 is 0 Å². The molecule has 0 saturated carbocycles. The molecule has 0 spiro atoms. The zero-order chi connectivity index (χ0) is 19.8. The highest BCUT2D eigenvalue weighted by atomic mass is 79.9. The van der Waals surface area contributed by atoms with Gasteiger partial charge in [0.2, 0.25) is 0 Å². The lowest BCUT2D eigenvalue weighted by Crippen LogP contribution is -1.98. The number of anilines is 1. The highest BCUT2D eigenvalue weighted by Crippen LogP contribution is 2.28. The molecule has 0 aromatic heterocycles. The van der Waals surface area contributed by atoms with Crippen molar-refractivity contribution in [1.82, 2.24) is 0 Å². The summed E-state index contributed by atoms with van der Waals surface area (Å²) in [5.74, 6) is 2.15. The molecule has 3 aromatic rings. The van der Waals surface area contributed by atoms with E-state index in [4.69, 9.17) is 14.2 Å². The van der Waals surface area contributed by atoms with Crippen LogP contribution in [0.25, 0.3) is 0 Å². The Hall–Kier alpha value is -2.99. The number of ether oxygens (including phenoxy) is 3. The zero-order valence-corrected chi connectivity index (χ0v) is 17.3. The van der Waals surface area contributed by atoms with Crippen LogP contribution < -0.4 is 19.6 Å². The largest absolute Gasteiger partial charge is 0.497 e. The third kappa shape index (κ3) is 5.50. The molecule has 0 radical (unpaired) electrons. The fourth-order valence-corrected chi connectivity index (χ4v) is 2.74. The fraction of sp³-hybridized carbons (Fsp3) is 0.136. The predicted molar refractivity (Wildman–Crippen MR) is 116 cm³/mol. The van der Waals surface area contributed by atoms with Crippen molar-refractivity contribution in [2.45, 2.75) is 6.61 Å². The molecule has 0 fully saturated rings. The fourth-order valence-electron chi connectivity index (χ4n) is 2.47. The van der Waals surface area contributed by atoms with E-state index in [9.17, 15) is 0 Å². The lowest BCUT2D eigenvalue weighted by atomic mass is 10.2. The maximum absolute atomic E-state index is 5.89. The molecule has 0 aliphatic carbocycles. The van der Waals surface area contributed by atoms with E-state index in [0.29, 0.717) is 18.1 Å². The number of methoxy groups -OCH3 is 2. The Bertz CT molecular complexity index is 926. The van der Waals surface area contributed by atoms with E-state index in [-0.39, 0.29) is 0 Å². The molecule has 0 aliphatic heterocycles. The maximum atomic E-state index is 5.89. The Kier molecular flexibility index (Phi) is 6.92. The van der Waals surface area contributed by atoms with Gasteiger partial charge in [0.15, 0.2) is 11.5 Å². The van der Waals surface area contributed by atoms with Crippen LogP contribution in [0.2, 0.25) is 0 Å². The van der Waals surface area contributed by atoms with Crippen LogP contribution in [0.3, 0.4) is 0 Å². The molecule has 0 aliphatic rings. The zero-order valence-electron chi connectivity index (χ0n) is 15.7. The van der Waals surface area contributed by atoms with E-state index >= 15 is 0 Å². The molecular formula is C22H21BrN2O3. The summed E-state index contributed by atoms with van der Waals surface area (Å²) in [5, 5.41) is 4.26. The summed E-state index contributed by atoms with van der Waals surface area (Å²) in [6, 6.07) is 21.3. The molecule has 0 atom stereocenters. The molecule has 3 rings (SSSR count). The van der Waals surface area contributed by atoms with Crippen LogP contribution in [0.5, 0.6) is 17.2 Å². The minimum absolute atomic E-state index is 0.468. The van der Waals surface area contributed by atoms with Crippen molar-refractivity contribution >= 4 is 27.8 Å². The first-order valence-electron chi connectivity index (χ1n) is 8.66. The van der Waals surface area contributed by atoms with Gasteiger partial charge < -0.3 is 14.2 Å². The van der Waals surface area contributed by atoms with Gasteiger partial charge in [0.1, 0.15) is 12.4 Å². The number of nitrogens with zero attached hydrogens (tertiary/aromatic N) is 1. The maximum Gasteiger partial charge on any atom is 0.161 e. The summed E-state index contributed by atoms with van der Waals surface area (Å²) in [4.78, 5) is 0. The molecule has 3 aromatic carbocycles. The van der Waals surface area contributed by atoms with Crippen molar-refractivity contribution in [3.63, 3.8) is 0 Å². The summed E-state index contributed by atoms with van der Waals surface area (Å²) >= 11 is 3.43. The van der Waals surface area contributed by atoms with Crippen LogP contribution in [-0.4, -0.2) is 20.4 Å². The SMILES string of the molecule is COc1ccc(N/N=C/c2ccc(OCc3ccc(Br)cc3)c(OC)c2)cc1. The minimum atomic E-state index is 0.468. The smallest absolute Gasteiger partial charge is 0.161 e. The third-order valence-electron chi connectivity index (χ3n) is 3.99. The van der Waals surface area contributed by atoms with E-state index in [1.165, 1.54) is 0 Å². The second-order valence-electron chi connectivity index (χ2n) is 5.92. The van der Waals surface area contributed by atoms with Gasteiger partial charge in [0.05, 0.1) is 26.1 Å². The Morgan fingerprint density at radius 2 is 1.64 bits per heavy atom. The normalized spacial score (nSPS) is 10.7. The number of hydrogen-bond acceptors (Lipinski definition) is 5. The quantitative estimate of drug-likeness (QED) is 0.371. The summed E-state index contributed by atoms with van der Waals surface area (Å²) in [6.07, 6.45) is 1.73. The Balaban J connectivity index is 1.62. The van der Waals surface area contributed by atoms with Gasteiger partial charge in [0.25, 0.3) is 0 Å². The van der Waals surface area contributed by atoms with E-state index in [1.807, 2.05) is 66.7 Å². The third-order valence-corrected chi connectivity index (χ3v) is 4.52. The van der Waals surface area contributed by atoms with Gasteiger partial charge in [-0.25, -0.2) is 0 Å². The van der Waals surface area contributed by atoms with Gasteiger partial charge in [0, 0.05) is 4.47 Å². The van der Waals surface area contributed by atoms with Gasteiger partial charge in [-0.1, -0.05) is 28.1 Å². The van der Waals surface area contributed by atoms with Crippen LogP contribution >= 0.6 is 15.9 Å².